The molecule has 2 nitrogen and oxygen atoms in total. The van der Waals surface area contributed by atoms with Gasteiger partial charge in [0.15, 0.2) is 0 Å². The van der Waals surface area contributed by atoms with Crippen LogP contribution in [-0.4, -0.2) is 48.6 Å². The van der Waals surface area contributed by atoms with E-state index in [1.54, 1.807) is 0 Å². The fraction of sp³-hybridized carbons (Fsp3) is 0.600. The number of anilines is 1. The van der Waals surface area contributed by atoms with Crippen molar-refractivity contribution in [3.05, 3.63) is 30.3 Å². The molecule has 0 spiro atoms. The van der Waals surface area contributed by atoms with Crippen LogP contribution in [-0.2, 0) is 0 Å². The van der Waals surface area contributed by atoms with Crippen molar-refractivity contribution in [1.82, 2.24) is 4.90 Å². The number of hydrogen-bond acceptors (Lipinski definition) is 3. The van der Waals surface area contributed by atoms with Gasteiger partial charge in [-0.05, 0) is 30.7 Å². The fourth-order valence-electron chi connectivity index (χ4n) is 3.01. The van der Waals surface area contributed by atoms with E-state index in [0.717, 1.165) is 6.04 Å². The Hall–Kier alpha value is -0.670. The zero-order chi connectivity index (χ0) is 12.2. The van der Waals surface area contributed by atoms with E-state index in [1.807, 2.05) is 0 Å². The molecule has 3 rings (SSSR count). The number of nitrogens with zero attached hydrogens (tertiary/aromatic N) is 2. The minimum Gasteiger partial charge on any atom is -0.370 e. The van der Waals surface area contributed by atoms with Crippen LogP contribution in [0.3, 0.4) is 0 Å². The van der Waals surface area contributed by atoms with Gasteiger partial charge in [0.05, 0.1) is 0 Å². The Labute approximate surface area is 114 Å². The van der Waals surface area contributed by atoms with E-state index in [4.69, 9.17) is 0 Å². The normalized spacial score (nSPS) is 26.2. The second-order valence-electron chi connectivity index (χ2n) is 5.23. The lowest BCUT2D eigenvalue weighted by molar-refractivity contribution is 0.228. The predicted octanol–water partition coefficient (Wildman–Crippen LogP) is 2.70. The van der Waals surface area contributed by atoms with Crippen LogP contribution in [0.1, 0.15) is 12.8 Å². The summed E-state index contributed by atoms with van der Waals surface area (Å²) in [6, 6.07) is 11.7. The highest BCUT2D eigenvalue weighted by atomic mass is 32.2. The van der Waals surface area contributed by atoms with Gasteiger partial charge in [0.1, 0.15) is 0 Å². The number of thioether (sulfide) groups is 1. The van der Waals surface area contributed by atoms with Crippen molar-refractivity contribution in [2.75, 3.05) is 42.6 Å². The van der Waals surface area contributed by atoms with E-state index in [2.05, 4.69) is 51.9 Å². The first kappa shape index (κ1) is 12.4. The first-order valence-electron chi connectivity index (χ1n) is 7.05. The molecular formula is C15H22N2S. The molecule has 0 unspecified atom stereocenters. The summed E-state index contributed by atoms with van der Waals surface area (Å²) in [5, 5.41) is 0. The van der Waals surface area contributed by atoms with E-state index in [-0.39, 0.29) is 0 Å². The zero-order valence-electron chi connectivity index (χ0n) is 10.9. The molecule has 0 aliphatic carbocycles. The molecule has 0 aromatic heterocycles. The summed E-state index contributed by atoms with van der Waals surface area (Å²) in [5.41, 5.74) is 1.39. The highest BCUT2D eigenvalue weighted by Crippen LogP contribution is 2.24. The van der Waals surface area contributed by atoms with Crippen LogP contribution in [0.2, 0.25) is 0 Å². The Morgan fingerprint density at radius 2 is 1.89 bits per heavy atom. The lowest BCUT2D eigenvalue weighted by Gasteiger charge is -2.27. The van der Waals surface area contributed by atoms with Crippen molar-refractivity contribution >= 4 is 17.4 Å². The molecule has 0 radical (unpaired) electrons. The van der Waals surface area contributed by atoms with Gasteiger partial charge in [-0.2, -0.15) is 11.8 Å². The Morgan fingerprint density at radius 3 is 2.67 bits per heavy atom. The first-order valence-corrected chi connectivity index (χ1v) is 8.21. The molecule has 0 saturated carbocycles. The zero-order valence-corrected chi connectivity index (χ0v) is 11.7. The quantitative estimate of drug-likeness (QED) is 0.809. The molecular weight excluding hydrogens is 240 g/mol. The fourth-order valence-corrected chi connectivity index (χ4v) is 4.26. The topological polar surface area (TPSA) is 6.48 Å². The van der Waals surface area contributed by atoms with Gasteiger partial charge in [-0.1, -0.05) is 18.2 Å². The third-order valence-electron chi connectivity index (χ3n) is 4.07. The van der Waals surface area contributed by atoms with Gasteiger partial charge >= 0.3 is 0 Å². The summed E-state index contributed by atoms with van der Waals surface area (Å²) >= 11 is 2.12. The maximum absolute atomic E-state index is 2.73. The van der Waals surface area contributed by atoms with Gasteiger partial charge in [0, 0.05) is 43.7 Å². The minimum atomic E-state index is 0.853. The Bertz CT molecular complexity index is 362. The first-order chi connectivity index (χ1) is 8.93. The lowest BCUT2D eigenvalue weighted by Crippen LogP contribution is -2.38. The third-order valence-corrected chi connectivity index (χ3v) is 5.22. The van der Waals surface area contributed by atoms with Crippen LogP contribution in [0.25, 0.3) is 0 Å². The molecule has 2 fully saturated rings. The molecule has 1 aromatic rings. The number of rotatable bonds is 2. The molecule has 1 atom stereocenters. The predicted molar refractivity (Wildman–Crippen MR) is 80.6 cm³/mol. The lowest BCUT2D eigenvalue weighted by atomic mass is 10.2. The monoisotopic (exact) mass is 262 g/mol. The van der Waals surface area contributed by atoms with Crippen LogP contribution in [0.15, 0.2) is 30.3 Å². The van der Waals surface area contributed by atoms with Crippen molar-refractivity contribution < 1.29 is 0 Å². The SMILES string of the molecule is c1ccc(N2CCCN([C@H]3CCSC3)CC2)cc1. The second-order valence-corrected chi connectivity index (χ2v) is 6.38. The smallest absolute Gasteiger partial charge is 0.0366 e. The van der Waals surface area contributed by atoms with Crippen molar-refractivity contribution in [2.24, 2.45) is 0 Å². The van der Waals surface area contributed by atoms with Crippen molar-refractivity contribution in [3.8, 4) is 0 Å². The molecule has 2 aliphatic rings. The van der Waals surface area contributed by atoms with Crippen molar-refractivity contribution in [1.29, 1.82) is 0 Å². The summed E-state index contributed by atoms with van der Waals surface area (Å²) in [4.78, 5) is 5.27. The van der Waals surface area contributed by atoms with E-state index >= 15 is 0 Å². The standard InChI is InChI=1S/C15H22N2S/c1-2-5-14(6-3-1)16-8-4-9-17(11-10-16)15-7-12-18-13-15/h1-3,5-6,15H,4,7-13H2/t15-/m0/s1. The highest BCUT2D eigenvalue weighted by molar-refractivity contribution is 7.99. The molecule has 98 valence electrons. The second kappa shape index (κ2) is 5.98. The Balaban J connectivity index is 1.61. The maximum Gasteiger partial charge on any atom is 0.0366 e. The number of benzene rings is 1. The van der Waals surface area contributed by atoms with E-state index in [0.29, 0.717) is 0 Å². The van der Waals surface area contributed by atoms with Gasteiger partial charge in [-0.15, -0.1) is 0 Å². The van der Waals surface area contributed by atoms with Crippen molar-refractivity contribution in [3.63, 3.8) is 0 Å². The molecule has 0 N–H and O–H groups in total. The van der Waals surface area contributed by atoms with Crippen molar-refractivity contribution in [2.45, 2.75) is 18.9 Å². The molecule has 2 aliphatic heterocycles. The Kier molecular flexibility index (Phi) is 4.11. The van der Waals surface area contributed by atoms with E-state index in [9.17, 15) is 0 Å². The summed E-state index contributed by atoms with van der Waals surface area (Å²) in [5.74, 6) is 2.72. The summed E-state index contributed by atoms with van der Waals surface area (Å²) in [7, 11) is 0. The molecule has 18 heavy (non-hydrogen) atoms. The van der Waals surface area contributed by atoms with E-state index in [1.165, 1.54) is 56.2 Å². The minimum absolute atomic E-state index is 0.853. The average molecular weight is 262 g/mol. The molecule has 3 heteroatoms. The summed E-state index contributed by atoms with van der Waals surface area (Å²) in [6.07, 6.45) is 2.70. The largest absolute Gasteiger partial charge is 0.370 e. The number of hydrogen-bond donors (Lipinski definition) is 0. The summed E-state index contributed by atoms with van der Waals surface area (Å²) < 4.78 is 0. The Morgan fingerprint density at radius 1 is 1.00 bits per heavy atom. The van der Waals surface area contributed by atoms with Gasteiger partial charge in [0.25, 0.3) is 0 Å². The van der Waals surface area contributed by atoms with Gasteiger partial charge in [-0.3, -0.25) is 4.90 Å². The molecule has 1 aromatic carbocycles. The van der Waals surface area contributed by atoms with Gasteiger partial charge < -0.3 is 4.90 Å². The van der Waals surface area contributed by atoms with Gasteiger partial charge in [0.2, 0.25) is 0 Å². The highest BCUT2D eigenvalue weighted by Gasteiger charge is 2.24. The summed E-state index contributed by atoms with van der Waals surface area (Å²) in [6.45, 7) is 4.92. The molecule has 0 bridgehead atoms. The van der Waals surface area contributed by atoms with Crippen LogP contribution in [0, 0.1) is 0 Å². The number of para-hydroxylation sites is 1. The third kappa shape index (κ3) is 2.83. The molecule has 2 saturated heterocycles. The van der Waals surface area contributed by atoms with Gasteiger partial charge in [-0.25, -0.2) is 0 Å². The molecule has 0 amide bonds. The van der Waals surface area contributed by atoms with Crippen LogP contribution < -0.4 is 4.90 Å². The van der Waals surface area contributed by atoms with Crippen LogP contribution in [0.4, 0.5) is 5.69 Å². The average Bonchev–Trinajstić information content (AvgIpc) is 2.84. The molecule has 2 heterocycles. The van der Waals surface area contributed by atoms with Crippen LogP contribution in [0.5, 0.6) is 0 Å². The van der Waals surface area contributed by atoms with E-state index < -0.39 is 0 Å². The van der Waals surface area contributed by atoms with Crippen LogP contribution >= 0.6 is 11.8 Å². The maximum atomic E-state index is 2.73.